The molecule has 1 unspecified atom stereocenters. The lowest BCUT2D eigenvalue weighted by Gasteiger charge is -2.10. The molecule has 0 saturated heterocycles. The highest BCUT2D eigenvalue weighted by Crippen LogP contribution is 2.28. The Balaban J connectivity index is 2.14. The molecule has 0 aliphatic carbocycles. The lowest BCUT2D eigenvalue weighted by molar-refractivity contribution is 0.940. The lowest BCUT2D eigenvalue weighted by Crippen LogP contribution is -1.96. The van der Waals surface area contributed by atoms with E-state index in [0.29, 0.717) is 5.02 Å². The van der Waals surface area contributed by atoms with Crippen LogP contribution in [0.25, 0.3) is 0 Å². The molecule has 0 aliphatic rings. The molecule has 0 spiro atoms. The fourth-order valence-electron chi connectivity index (χ4n) is 1.45. The van der Waals surface area contributed by atoms with Gasteiger partial charge in [0.25, 0.3) is 0 Å². The minimum atomic E-state index is 0.246. The van der Waals surface area contributed by atoms with Crippen molar-refractivity contribution in [1.29, 1.82) is 0 Å². The largest absolute Gasteiger partial charge is 0.265 e. The standard InChI is InChI=1S/C12H10BrClN2/c13-11(9-1-4-15-5-2-9)7-10-3-6-16-8-12(10)14/h1-6,8,11H,7H2. The fraction of sp³-hybridized carbons (Fsp3) is 0.167. The summed E-state index contributed by atoms with van der Waals surface area (Å²) in [4.78, 5) is 8.21. The predicted octanol–water partition coefficient (Wildman–Crippen LogP) is 3.81. The Morgan fingerprint density at radius 3 is 2.50 bits per heavy atom. The maximum atomic E-state index is 6.06. The molecule has 4 heteroatoms. The molecule has 1 atom stereocenters. The molecule has 2 aromatic heterocycles. The van der Waals surface area contributed by atoms with Crippen molar-refractivity contribution in [3.8, 4) is 0 Å². The number of hydrogen-bond acceptors (Lipinski definition) is 2. The van der Waals surface area contributed by atoms with E-state index < -0.39 is 0 Å². The van der Waals surface area contributed by atoms with Crippen molar-refractivity contribution in [1.82, 2.24) is 9.97 Å². The van der Waals surface area contributed by atoms with Crippen molar-refractivity contribution < 1.29 is 0 Å². The molecule has 2 nitrogen and oxygen atoms in total. The Morgan fingerprint density at radius 1 is 1.12 bits per heavy atom. The van der Waals surface area contributed by atoms with Crippen LogP contribution in [0.15, 0.2) is 43.0 Å². The van der Waals surface area contributed by atoms with Crippen LogP contribution in [0, 0.1) is 0 Å². The summed E-state index contributed by atoms with van der Waals surface area (Å²) in [6.45, 7) is 0. The number of alkyl halides is 1. The van der Waals surface area contributed by atoms with Crippen molar-refractivity contribution in [2.24, 2.45) is 0 Å². The van der Waals surface area contributed by atoms with Crippen LogP contribution in [-0.4, -0.2) is 9.97 Å². The van der Waals surface area contributed by atoms with Gasteiger partial charge in [-0.15, -0.1) is 0 Å². The van der Waals surface area contributed by atoms with Crippen molar-refractivity contribution in [3.63, 3.8) is 0 Å². The third-order valence-corrected chi connectivity index (χ3v) is 3.52. The highest BCUT2D eigenvalue weighted by molar-refractivity contribution is 9.09. The summed E-state index contributed by atoms with van der Waals surface area (Å²) in [6, 6.07) is 5.93. The summed E-state index contributed by atoms with van der Waals surface area (Å²) in [5, 5.41) is 0.709. The number of pyridine rings is 2. The van der Waals surface area contributed by atoms with Crippen LogP contribution in [0.3, 0.4) is 0 Å². The first-order chi connectivity index (χ1) is 7.77. The van der Waals surface area contributed by atoms with E-state index in [1.807, 2.05) is 18.2 Å². The number of hydrogen-bond donors (Lipinski definition) is 0. The molecule has 0 saturated carbocycles. The Morgan fingerprint density at radius 2 is 1.81 bits per heavy atom. The summed E-state index contributed by atoms with van der Waals surface area (Å²) in [5.41, 5.74) is 2.29. The Hall–Kier alpha value is -0.930. The summed E-state index contributed by atoms with van der Waals surface area (Å²) in [5.74, 6) is 0. The van der Waals surface area contributed by atoms with E-state index >= 15 is 0 Å². The van der Waals surface area contributed by atoms with Gasteiger partial charge in [-0.3, -0.25) is 9.97 Å². The maximum Gasteiger partial charge on any atom is 0.0621 e. The fourth-order valence-corrected chi connectivity index (χ4v) is 2.30. The molecule has 2 heterocycles. The number of halogens is 2. The molecule has 0 bridgehead atoms. The molecular formula is C12H10BrClN2. The number of rotatable bonds is 3. The molecule has 2 aromatic rings. The van der Waals surface area contributed by atoms with E-state index in [1.165, 1.54) is 5.56 Å². The average Bonchev–Trinajstić information content (AvgIpc) is 2.33. The number of nitrogens with zero attached hydrogens (tertiary/aromatic N) is 2. The van der Waals surface area contributed by atoms with Gasteiger partial charge in [0.1, 0.15) is 0 Å². The molecule has 0 fully saturated rings. The molecular weight excluding hydrogens is 288 g/mol. The third kappa shape index (κ3) is 2.80. The average molecular weight is 298 g/mol. The first kappa shape index (κ1) is 11.6. The Labute approximate surface area is 108 Å². The van der Waals surface area contributed by atoms with E-state index in [1.54, 1.807) is 24.8 Å². The van der Waals surface area contributed by atoms with Gasteiger partial charge in [-0.2, -0.15) is 0 Å². The summed E-state index contributed by atoms with van der Waals surface area (Å²) >= 11 is 9.71. The van der Waals surface area contributed by atoms with E-state index in [4.69, 9.17) is 11.6 Å². The van der Waals surface area contributed by atoms with E-state index in [-0.39, 0.29) is 4.83 Å². The molecule has 0 radical (unpaired) electrons. The van der Waals surface area contributed by atoms with Crippen molar-refractivity contribution >= 4 is 27.5 Å². The minimum Gasteiger partial charge on any atom is -0.265 e. The van der Waals surface area contributed by atoms with Crippen molar-refractivity contribution in [2.45, 2.75) is 11.2 Å². The van der Waals surface area contributed by atoms with E-state index in [2.05, 4.69) is 25.9 Å². The van der Waals surface area contributed by atoms with Gasteiger partial charge in [0.05, 0.1) is 5.02 Å². The highest BCUT2D eigenvalue weighted by Gasteiger charge is 2.10. The van der Waals surface area contributed by atoms with Gasteiger partial charge in [0.2, 0.25) is 0 Å². The second-order valence-corrected chi connectivity index (χ2v) is 4.93. The molecule has 2 rings (SSSR count). The monoisotopic (exact) mass is 296 g/mol. The molecule has 0 amide bonds. The molecule has 0 N–H and O–H groups in total. The summed E-state index contributed by atoms with van der Waals surface area (Å²) < 4.78 is 0. The van der Waals surface area contributed by atoms with Crippen molar-refractivity contribution in [3.05, 3.63) is 59.1 Å². The topological polar surface area (TPSA) is 25.8 Å². The third-order valence-electron chi connectivity index (χ3n) is 2.32. The highest BCUT2D eigenvalue weighted by atomic mass is 79.9. The smallest absolute Gasteiger partial charge is 0.0621 e. The maximum absolute atomic E-state index is 6.06. The van der Waals surface area contributed by atoms with Crippen LogP contribution in [0.5, 0.6) is 0 Å². The SMILES string of the molecule is Clc1cnccc1CC(Br)c1ccncc1. The van der Waals surface area contributed by atoms with Crippen LogP contribution in [0.1, 0.15) is 16.0 Å². The van der Waals surface area contributed by atoms with Gasteiger partial charge < -0.3 is 0 Å². The van der Waals surface area contributed by atoms with Crippen LogP contribution in [0.4, 0.5) is 0 Å². The molecule has 82 valence electrons. The quantitative estimate of drug-likeness (QED) is 0.805. The molecule has 16 heavy (non-hydrogen) atoms. The van der Waals surface area contributed by atoms with Crippen LogP contribution >= 0.6 is 27.5 Å². The summed E-state index contributed by atoms with van der Waals surface area (Å²) in [6.07, 6.45) is 7.84. The molecule has 0 aliphatic heterocycles. The lowest BCUT2D eigenvalue weighted by atomic mass is 10.1. The van der Waals surface area contributed by atoms with Gasteiger partial charge in [0, 0.05) is 29.6 Å². The first-order valence-electron chi connectivity index (χ1n) is 4.90. The van der Waals surface area contributed by atoms with Gasteiger partial charge in [0.15, 0.2) is 0 Å². The minimum absolute atomic E-state index is 0.246. The Bertz CT molecular complexity index is 462. The van der Waals surface area contributed by atoms with E-state index in [9.17, 15) is 0 Å². The van der Waals surface area contributed by atoms with Crippen LogP contribution < -0.4 is 0 Å². The van der Waals surface area contributed by atoms with Crippen LogP contribution in [0.2, 0.25) is 5.02 Å². The van der Waals surface area contributed by atoms with Gasteiger partial charge in [-0.05, 0) is 35.7 Å². The zero-order valence-electron chi connectivity index (χ0n) is 8.48. The zero-order chi connectivity index (χ0) is 11.4. The van der Waals surface area contributed by atoms with E-state index in [0.717, 1.165) is 12.0 Å². The van der Waals surface area contributed by atoms with Gasteiger partial charge in [-0.25, -0.2) is 0 Å². The summed E-state index contributed by atoms with van der Waals surface area (Å²) in [7, 11) is 0. The molecule has 0 aromatic carbocycles. The van der Waals surface area contributed by atoms with Gasteiger partial charge >= 0.3 is 0 Å². The normalized spacial score (nSPS) is 12.4. The van der Waals surface area contributed by atoms with Gasteiger partial charge in [-0.1, -0.05) is 27.5 Å². The van der Waals surface area contributed by atoms with Crippen molar-refractivity contribution in [2.75, 3.05) is 0 Å². The first-order valence-corrected chi connectivity index (χ1v) is 6.19. The predicted molar refractivity (Wildman–Crippen MR) is 68.9 cm³/mol. The Kier molecular flexibility index (Phi) is 3.91. The zero-order valence-corrected chi connectivity index (χ0v) is 10.8. The van der Waals surface area contributed by atoms with Crippen LogP contribution in [-0.2, 0) is 6.42 Å². The second kappa shape index (κ2) is 5.41. The number of aromatic nitrogens is 2. The second-order valence-electron chi connectivity index (χ2n) is 3.42.